The van der Waals surface area contributed by atoms with Gasteiger partial charge in [0.15, 0.2) is 0 Å². The van der Waals surface area contributed by atoms with Gasteiger partial charge < -0.3 is 25.7 Å². The molecule has 0 bridgehead atoms. The Labute approximate surface area is 203 Å². The van der Waals surface area contributed by atoms with Gasteiger partial charge in [-0.25, -0.2) is 0 Å². The highest BCUT2D eigenvalue weighted by molar-refractivity contribution is 6.08. The van der Waals surface area contributed by atoms with Crippen molar-refractivity contribution in [1.82, 2.24) is 4.58 Å². The van der Waals surface area contributed by atoms with E-state index in [0.717, 1.165) is 40.4 Å². The molecule has 3 rings (SSSR count). The summed E-state index contributed by atoms with van der Waals surface area (Å²) >= 11 is 0. The first-order chi connectivity index (χ1) is 16.4. The van der Waals surface area contributed by atoms with Gasteiger partial charge in [-0.2, -0.15) is 4.58 Å². The number of rotatable bonds is 10. The monoisotopic (exact) mass is 463 g/mol. The number of allylic oxidation sites excluding steroid dienone is 2. The van der Waals surface area contributed by atoms with E-state index in [1.807, 2.05) is 19.0 Å². The molecule has 34 heavy (non-hydrogen) atoms. The Hall–Kier alpha value is -2.93. The molecule has 6 nitrogen and oxygen atoms in total. The van der Waals surface area contributed by atoms with E-state index in [4.69, 9.17) is 5.73 Å². The number of aliphatic hydroxyl groups excluding tert-OH is 2. The van der Waals surface area contributed by atoms with Crippen molar-refractivity contribution < 1.29 is 10.2 Å². The van der Waals surface area contributed by atoms with Crippen LogP contribution < -0.4 is 20.1 Å². The molecule has 0 saturated carbocycles. The summed E-state index contributed by atoms with van der Waals surface area (Å²) in [7, 11) is 4.08. The predicted octanol–water partition coefficient (Wildman–Crippen LogP) is 3.61. The highest BCUT2D eigenvalue weighted by Crippen LogP contribution is 2.32. The lowest BCUT2D eigenvalue weighted by Gasteiger charge is -2.26. The van der Waals surface area contributed by atoms with Gasteiger partial charge in [0.25, 0.3) is 0 Å². The number of benzene rings is 2. The van der Waals surface area contributed by atoms with Gasteiger partial charge in [-0.05, 0) is 37.6 Å². The standard InChI is InChI=1S/C28H39N4O2/c1-5-28(21-29)14-12-25(13-15-28)32(24-8-6-23(7-9-24)30(3)4)27-11-10-26(20-22(27)2)31(16-18-33)17-19-34/h6-15,20,33-34H,5,16-19,21,29H2,1-4H3/q+1. The van der Waals surface area contributed by atoms with Crippen molar-refractivity contribution in [2.24, 2.45) is 11.1 Å². The van der Waals surface area contributed by atoms with E-state index in [-0.39, 0.29) is 18.6 Å². The average molecular weight is 464 g/mol. The Kier molecular flexibility index (Phi) is 8.67. The molecule has 0 unspecified atom stereocenters. The van der Waals surface area contributed by atoms with Crippen molar-refractivity contribution in [3.05, 3.63) is 72.3 Å². The summed E-state index contributed by atoms with van der Waals surface area (Å²) in [6.07, 6.45) is 9.75. The normalized spacial score (nSPS) is 17.2. The summed E-state index contributed by atoms with van der Waals surface area (Å²) in [5.74, 6) is 0. The van der Waals surface area contributed by atoms with Crippen molar-refractivity contribution in [3.63, 3.8) is 0 Å². The highest BCUT2D eigenvalue weighted by atomic mass is 16.3. The Morgan fingerprint density at radius 3 is 1.97 bits per heavy atom. The lowest BCUT2D eigenvalue weighted by Crippen LogP contribution is -2.30. The summed E-state index contributed by atoms with van der Waals surface area (Å²) in [5, 5.41) is 18.9. The van der Waals surface area contributed by atoms with Gasteiger partial charge in [0.2, 0.25) is 17.1 Å². The molecule has 0 radical (unpaired) electrons. The molecule has 0 spiro atoms. The maximum atomic E-state index is 9.44. The molecule has 0 amide bonds. The van der Waals surface area contributed by atoms with Crippen LogP contribution in [0, 0.1) is 12.3 Å². The number of aryl methyl sites for hydroxylation is 1. The van der Waals surface area contributed by atoms with Crippen LogP contribution in [0.25, 0.3) is 0 Å². The van der Waals surface area contributed by atoms with E-state index in [1.54, 1.807) is 0 Å². The molecule has 0 aromatic heterocycles. The number of hydrogen-bond acceptors (Lipinski definition) is 5. The van der Waals surface area contributed by atoms with Gasteiger partial charge in [0.05, 0.1) is 13.2 Å². The van der Waals surface area contributed by atoms with E-state index in [1.165, 1.54) is 0 Å². The van der Waals surface area contributed by atoms with Gasteiger partial charge in [-0.1, -0.05) is 19.1 Å². The first-order valence-electron chi connectivity index (χ1n) is 12.0. The third kappa shape index (κ3) is 5.58. The molecule has 1 aliphatic rings. The molecule has 1 aliphatic carbocycles. The van der Waals surface area contributed by atoms with Crippen LogP contribution in [0.1, 0.15) is 18.9 Å². The molecule has 2 aromatic carbocycles. The van der Waals surface area contributed by atoms with E-state index >= 15 is 0 Å². The molecular formula is C28H39N4O2+. The van der Waals surface area contributed by atoms with Crippen LogP contribution >= 0.6 is 0 Å². The molecule has 4 N–H and O–H groups in total. The number of nitrogens with zero attached hydrogens (tertiary/aromatic N) is 3. The fraction of sp³-hybridized carbons (Fsp3) is 0.393. The molecule has 0 fully saturated rings. The highest BCUT2D eigenvalue weighted by Gasteiger charge is 2.27. The van der Waals surface area contributed by atoms with Gasteiger partial charge in [0, 0.05) is 86.4 Å². The fourth-order valence-corrected chi connectivity index (χ4v) is 4.30. The Balaban J connectivity index is 2.13. The van der Waals surface area contributed by atoms with Gasteiger partial charge in [-0.15, -0.1) is 0 Å². The average Bonchev–Trinajstić information content (AvgIpc) is 2.86. The third-order valence-corrected chi connectivity index (χ3v) is 6.62. The van der Waals surface area contributed by atoms with Gasteiger partial charge in [-0.3, -0.25) is 0 Å². The lowest BCUT2D eigenvalue weighted by atomic mass is 9.81. The number of anilines is 2. The Bertz CT molecular complexity index is 1030. The van der Waals surface area contributed by atoms with Gasteiger partial charge in [0.1, 0.15) is 0 Å². The van der Waals surface area contributed by atoms with Crippen LogP contribution in [-0.2, 0) is 0 Å². The first kappa shape index (κ1) is 25.7. The molecule has 2 aromatic rings. The zero-order valence-corrected chi connectivity index (χ0v) is 20.9. The SMILES string of the molecule is CCC1(CN)C=CC(=[N+](c2ccc(N(C)C)cc2)c2ccc(N(CCO)CCO)cc2C)C=C1. The molecule has 0 atom stereocenters. The van der Waals surface area contributed by atoms with E-state index in [9.17, 15) is 10.2 Å². The van der Waals surface area contributed by atoms with Crippen LogP contribution in [0.4, 0.5) is 22.7 Å². The second-order valence-corrected chi connectivity index (χ2v) is 9.03. The van der Waals surface area contributed by atoms with Crippen LogP contribution in [-0.4, -0.2) is 62.9 Å². The first-order valence-corrected chi connectivity index (χ1v) is 12.0. The second-order valence-electron chi connectivity index (χ2n) is 9.03. The fourth-order valence-electron chi connectivity index (χ4n) is 4.30. The minimum atomic E-state index is -0.0993. The molecule has 6 heteroatoms. The van der Waals surface area contributed by atoms with E-state index in [0.29, 0.717) is 19.6 Å². The molecular weight excluding hydrogens is 424 g/mol. The van der Waals surface area contributed by atoms with Crippen LogP contribution in [0.15, 0.2) is 66.8 Å². The molecule has 0 heterocycles. The van der Waals surface area contributed by atoms with E-state index in [2.05, 4.69) is 90.1 Å². The topological polar surface area (TPSA) is 76.0 Å². The molecule has 0 saturated heterocycles. The number of hydrogen-bond donors (Lipinski definition) is 3. The number of nitrogens with two attached hydrogens (primary N) is 1. The Morgan fingerprint density at radius 2 is 1.50 bits per heavy atom. The maximum absolute atomic E-state index is 9.44. The third-order valence-electron chi connectivity index (χ3n) is 6.62. The zero-order chi connectivity index (χ0) is 24.7. The van der Waals surface area contributed by atoms with Crippen LogP contribution in [0.5, 0.6) is 0 Å². The van der Waals surface area contributed by atoms with Crippen molar-refractivity contribution in [2.45, 2.75) is 20.3 Å². The summed E-state index contributed by atoms with van der Waals surface area (Å²) in [6, 6.07) is 14.8. The minimum absolute atomic E-state index is 0.0407. The Morgan fingerprint density at radius 1 is 0.912 bits per heavy atom. The quantitative estimate of drug-likeness (QED) is 0.470. The molecule has 182 valence electrons. The summed E-state index contributed by atoms with van der Waals surface area (Å²) in [4.78, 5) is 4.09. The van der Waals surface area contributed by atoms with E-state index < -0.39 is 0 Å². The van der Waals surface area contributed by atoms with Crippen LogP contribution in [0.3, 0.4) is 0 Å². The zero-order valence-electron chi connectivity index (χ0n) is 20.9. The minimum Gasteiger partial charge on any atom is -0.395 e. The smallest absolute Gasteiger partial charge is 0.214 e. The maximum Gasteiger partial charge on any atom is 0.214 e. The van der Waals surface area contributed by atoms with Crippen molar-refractivity contribution in [1.29, 1.82) is 0 Å². The predicted molar refractivity (Wildman–Crippen MR) is 145 cm³/mol. The lowest BCUT2D eigenvalue weighted by molar-refractivity contribution is 0.281. The second kappa shape index (κ2) is 11.5. The van der Waals surface area contributed by atoms with Gasteiger partial charge >= 0.3 is 0 Å². The summed E-state index contributed by atoms with van der Waals surface area (Å²) < 4.78 is 2.27. The summed E-state index contributed by atoms with van der Waals surface area (Å²) in [5.41, 5.74) is 12.5. The van der Waals surface area contributed by atoms with Crippen molar-refractivity contribution >= 4 is 28.5 Å². The van der Waals surface area contributed by atoms with Crippen molar-refractivity contribution in [2.75, 3.05) is 56.7 Å². The van der Waals surface area contributed by atoms with Crippen molar-refractivity contribution in [3.8, 4) is 0 Å². The largest absolute Gasteiger partial charge is 0.395 e. The van der Waals surface area contributed by atoms with Crippen LogP contribution in [0.2, 0.25) is 0 Å². The summed E-state index contributed by atoms with van der Waals surface area (Å²) in [6.45, 7) is 5.89. The number of aliphatic hydroxyl groups is 2. The molecule has 0 aliphatic heterocycles.